The van der Waals surface area contributed by atoms with E-state index in [0.29, 0.717) is 23.4 Å². The molecule has 31 heavy (non-hydrogen) atoms. The number of nitrogens with zero attached hydrogens (tertiary/aromatic N) is 1. The van der Waals surface area contributed by atoms with Gasteiger partial charge in [-0.25, -0.2) is 4.79 Å². The second-order valence-corrected chi connectivity index (χ2v) is 7.95. The highest BCUT2D eigenvalue weighted by molar-refractivity contribution is 6.35. The number of amides is 1. The van der Waals surface area contributed by atoms with Gasteiger partial charge in [0.2, 0.25) is 0 Å². The Balaban J connectivity index is 1.37. The SMILES string of the molecule is O=C1Nc2ccc(C(=O)O)cc2/C1=C\c1cc2cc(OCCN3CCCC3)ccc2[nH]1. The van der Waals surface area contributed by atoms with Crippen molar-refractivity contribution in [3.8, 4) is 5.75 Å². The van der Waals surface area contributed by atoms with Crippen molar-refractivity contribution in [2.45, 2.75) is 12.8 Å². The molecule has 0 aliphatic carbocycles. The standard InChI is InChI=1S/C24H23N3O4/c28-23-20(19-13-15(24(29)30)3-5-22(19)26-23)14-17-11-16-12-18(4-6-21(16)25-17)31-10-9-27-7-1-2-8-27/h3-6,11-14,25H,1-2,7-10H2,(H,26,28)(H,29,30)/b20-14+. The largest absolute Gasteiger partial charge is 0.492 e. The third kappa shape index (κ3) is 3.92. The normalized spacial score (nSPS) is 17.3. The van der Waals surface area contributed by atoms with Crippen LogP contribution in [-0.4, -0.2) is 53.1 Å². The number of rotatable bonds is 6. The summed E-state index contributed by atoms with van der Waals surface area (Å²) in [4.78, 5) is 29.5. The van der Waals surface area contributed by atoms with Crippen LogP contribution in [0.5, 0.6) is 5.75 Å². The molecule has 7 nitrogen and oxygen atoms in total. The van der Waals surface area contributed by atoms with E-state index in [2.05, 4.69) is 15.2 Å². The molecule has 3 N–H and O–H groups in total. The molecule has 5 rings (SSSR count). The Morgan fingerprint density at radius 1 is 1.13 bits per heavy atom. The summed E-state index contributed by atoms with van der Waals surface area (Å²) >= 11 is 0. The lowest BCUT2D eigenvalue weighted by atomic mass is 10.0. The molecule has 2 aliphatic rings. The number of anilines is 1. The first-order valence-electron chi connectivity index (χ1n) is 10.5. The van der Waals surface area contributed by atoms with E-state index in [9.17, 15) is 14.7 Å². The summed E-state index contributed by atoms with van der Waals surface area (Å²) in [6.07, 6.45) is 4.29. The Morgan fingerprint density at radius 3 is 2.77 bits per heavy atom. The van der Waals surface area contributed by atoms with Crippen LogP contribution in [0, 0.1) is 0 Å². The molecule has 1 fully saturated rings. The number of benzene rings is 2. The maximum Gasteiger partial charge on any atom is 0.335 e. The first-order valence-corrected chi connectivity index (χ1v) is 10.5. The second kappa shape index (κ2) is 7.92. The number of carboxylic acids is 1. The number of carbonyl (C=O) groups excluding carboxylic acids is 1. The molecule has 7 heteroatoms. The molecule has 0 atom stereocenters. The van der Waals surface area contributed by atoms with Gasteiger partial charge in [-0.05, 0) is 74.5 Å². The molecule has 0 unspecified atom stereocenters. The maximum absolute atomic E-state index is 12.4. The van der Waals surface area contributed by atoms with E-state index in [1.807, 2.05) is 24.3 Å². The van der Waals surface area contributed by atoms with Crippen molar-refractivity contribution in [1.29, 1.82) is 0 Å². The van der Waals surface area contributed by atoms with Gasteiger partial charge in [0, 0.05) is 34.4 Å². The number of aromatic nitrogens is 1. The van der Waals surface area contributed by atoms with Crippen molar-refractivity contribution in [3.63, 3.8) is 0 Å². The van der Waals surface area contributed by atoms with E-state index in [1.165, 1.54) is 25.0 Å². The number of fused-ring (bicyclic) bond motifs is 2. The number of ether oxygens (including phenoxy) is 1. The molecule has 0 spiro atoms. The molecule has 2 aliphatic heterocycles. The lowest BCUT2D eigenvalue weighted by Gasteiger charge is -2.14. The third-order valence-electron chi connectivity index (χ3n) is 5.84. The average Bonchev–Trinajstić information content (AvgIpc) is 3.47. The highest BCUT2D eigenvalue weighted by atomic mass is 16.5. The molecule has 158 valence electrons. The van der Waals surface area contributed by atoms with Crippen LogP contribution in [-0.2, 0) is 4.79 Å². The van der Waals surface area contributed by atoms with Crippen molar-refractivity contribution in [2.24, 2.45) is 0 Å². The summed E-state index contributed by atoms with van der Waals surface area (Å²) < 4.78 is 5.93. The molecular weight excluding hydrogens is 394 g/mol. The maximum atomic E-state index is 12.4. The van der Waals surface area contributed by atoms with E-state index in [0.717, 1.165) is 42.0 Å². The molecule has 2 aromatic carbocycles. The zero-order valence-electron chi connectivity index (χ0n) is 17.0. The highest BCUT2D eigenvalue weighted by Crippen LogP contribution is 2.34. The van der Waals surface area contributed by atoms with Crippen LogP contribution in [0.15, 0.2) is 42.5 Å². The number of nitrogens with one attached hydrogen (secondary N) is 2. The van der Waals surface area contributed by atoms with E-state index >= 15 is 0 Å². The lowest BCUT2D eigenvalue weighted by molar-refractivity contribution is -0.110. The molecular formula is C24H23N3O4. The van der Waals surface area contributed by atoms with Crippen LogP contribution < -0.4 is 10.1 Å². The number of hydrogen-bond acceptors (Lipinski definition) is 4. The topological polar surface area (TPSA) is 94.7 Å². The summed E-state index contributed by atoms with van der Waals surface area (Å²) in [6.45, 7) is 3.91. The number of carboxylic acid groups (broad SMARTS) is 1. The van der Waals surface area contributed by atoms with E-state index in [1.54, 1.807) is 12.1 Å². The van der Waals surface area contributed by atoms with Crippen LogP contribution in [0.2, 0.25) is 0 Å². The van der Waals surface area contributed by atoms with Gasteiger partial charge in [-0.1, -0.05) is 0 Å². The van der Waals surface area contributed by atoms with Crippen LogP contribution in [0.3, 0.4) is 0 Å². The molecule has 1 saturated heterocycles. The van der Waals surface area contributed by atoms with Crippen molar-refractivity contribution in [1.82, 2.24) is 9.88 Å². The minimum absolute atomic E-state index is 0.147. The molecule has 1 amide bonds. The lowest BCUT2D eigenvalue weighted by Crippen LogP contribution is -2.25. The number of aromatic amines is 1. The summed E-state index contributed by atoms with van der Waals surface area (Å²) in [5, 5.41) is 13.0. The number of likely N-dealkylation sites (tertiary alicyclic amines) is 1. The zero-order valence-corrected chi connectivity index (χ0v) is 17.0. The summed E-state index contributed by atoms with van der Waals surface area (Å²) in [5.74, 6) is -0.452. The Bertz CT molecular complexity index is 1200. The van der Waals surface area contributed by atoms with Gasteiger partial charge in [-0.2, -0.15) is 0 Å². The quantitative estimate of drug-likeness (QED) is 0.530. The predicted molar refractivity (Wildman–Crippen MR) is 119 cm³/mol. The van der Waals surface area contributed by atoms with E-state index in [4.69, 9.17) is 4.74 Å². The first kappa shape index (κ1) is 19.4. The van der Waals surface area contributed by atoms with Gasteiger partial charge in [0.1, 0.15) is 12.4 Å². The highest BCUT2D eigenvalue weighted by Gasteiger charge is 2.25. The van der Waals surface area contributed by atoms with E-state index < -0.39 is 5.97 Å². The smallest absolute Gasteiger partial charge is 0.335 e. The number of carbonyl (C=O) groups is 2. The van der Waals surface area contributed by atoms with Gasteiger partial charge >= 0.3 is 5.97 Å². The number of hydrogen-bond donors (Lipinski definition) is 3. The van der Waals surface area contributed by atoms with Gasteiger partial charge in [0.25, 0.3) is 5.91 Å². The Labute approximate surface area is 179 Å². The third-order valence-corrected chi connectivity index (χ3v) is 5.84. The molecule has 3 heterocycles. The Hall–Kier alpha value is -3.58. The molecule has 3 aromatic rings. The molecule has 0 radical (unpaired) electrons. The van der Waals surface area contributed by atoms with Crippen molar-refractivity contribution < 1.29 is 19.4 Å². The van der Waals surface area contributed by atoms with Gasteiger partial charge in [-0.3, -0.25) is 9.69 Å². The monoisotopic (exact) mass is 417 g/mol. The zero-order chi connectivity index (χ0) is 21.4. The van der Waals surface area contributed by atoms with Gasteiger partial charge in [0.15, 0.2) is 0 Å². The van der Waals surface area contributed by atoms with Crippen LogP contribution >= 0.6 is 0 Å². The van der Waals surface area contributed by atoms with Gasteiger partial charge in [-0.15, -0.1) is 0 Å². The Kier molecular flexibility index (Phi) is 4.95. The summed E-state index contributed by atoms with van der Waals surface area (Å²) in [6, 6.07) is 12.5. The van der Waals surface area contributed by atoms with Gasteiger partial charge < -0.3 is 20.1 Å². The van der Waals surface area contributed by atoms with Gasteiger partial charge in [0.05, 0.1) is 11.1 Å². The fourth-order valence-corrected chi connectivity index (χ4v) is 4.22. The second-order valence-electron chi connectivity index (χ2n) is 7.95. The van der Waals surface area contributed by atoms with Crippen LogP contribution in [0.25, 0.3) is 22.6 Å². The van der Waals surface area contributed by atoms with Crippen molar-refractivity contribution in [3.05, 3.63) is 59.3 Å². The van der Waals surface area contributed by atoms with Crippen LogP contribution in [0.4, 0.5) is 5.69 Å². The summed E-state index contributed by atoms with van der Waals surface area (Å²) in [5.41, 5.74) is 3.50. The minimum Gasteiger partial charge on any atom is -0.492 e. The van der Waals surface area contributed by atoms with Crippen molar-refractivity contribution in [2.75, 3.05) is 31.6 Å². The van der Waals surface area contributed by atoms with Crippen molar-refractivity contribution >= 4 is 40.1 Å². The fourth-order valence-electron chi connectivity index (χ4n) is 4.22. The molecule has 1 aromatic heterocycles. The number of H-pyrrole nitrogens is 1. The molecule has 0 bridgehead atoms. The Morgan fingerprint density at radius 2 is 1.97 bits per heavy atom. The number of aromatic carboxylic acids is 1. The fraction of sp³-hybridized carbons (Fsp3) is 0.250. The predicted octanol–water partition coefficient (Wildman–Crippen LogP) is 3.83. The molecule has 0 saturated carbocycles. The van der Waals surface area contributed by atoms with Crippen LogP contribution in [0.1, 0.15) is 34.5 Å². The first-order chi connectivity index (χ1) is 15.1. The average molecular weight is 417 g/mol. The van der Waals surface area contributed by atoms with E-state index in [-0.39, 0.29) is 11.5 Å². The summed E-state index contributed by atoms with van der Waals surface area (Å²) in [7, 11) is 0. The minimum atomic E-state index is -1.02.